The molecule has 2 aromatic carbocycles. The fourth-order valence-electron chi connectivity index (χ4n) is 7.04. The Balaban J connectivity index is 1.56. The molecule has 2 fully saturated rings. The molecule has 2 aromatic rings. The van der Waals surface area contributed by atoms with E-state index in [2.05, 4.69) is 81.4 Å². The van der Waals surface area contributed by atoms with E-state index >= 15 is 0 Å². The van der Waals surface area contributed by atoms with Gasteiger partial charge in [0.25, 0.3) is 8.32 Å². The average molecular weight is 597 g/mol. The van der Waals surface area contributed by atoms with Crippen molar-refractivity contribution in [1.29, 1.82) is 0 Å². The molecular formula is C35H52O6Si. The number of ether oxygens (including phenoxy) is 3. The fourth-order valence-corrected chi connectivity index (χ4v) is 11.6. The third kappa shape index (κ3) is 8.11. The van der Waals surface area contributed by atoms with Crippen molar-refractivity contribution in [2.45, 2.75) is 109 Å². The first-order valence-corrected chi connectivity index (χ1v) is 17.9. The van der Waals surface area contributed by atoms with Crippen LogP contribution < -0.4 is 10.4 Å². The van der Waals surface area contributed by atoms with Crippen LogP contribution in [0.15, 0.2) is 60.7 Å². The summed E-state index contributed by atoms with van der Waals surface area (Å²) in [6.45, 7) is 8.18. The third-order valence-electron chi connectivity index (χ3n) is 9.27. The summed E-state index contributed by atoms with van der Waals surface area (Å²) in [6, 6.07) is 21.5. The van der Waals surface area contributed by atoms with Crippen molar-refractivity contribution in [3.05, 3.63) is 60.7 Å². The highest BCUT2D eigenvalue weighted by atomic mass is 28.4. The molecule has 1 aliphatic heterocycles. The maximum Gasteiger partial charge on any atom is 0.305 e. The van der Waals surface area contributed by atoms with Gasteiger partial charge in [0.05, 0.1) is 19.3 Å². The molecule has 232 valence electrons. The first-order chi connectivity index (χ1) is 20.3. The quantitative estimate of drug-likeness (QED) is 0.164. The van der Waals surface area contributed by atoms with Gasteiger partial charge in [-0.1, -0.05) is 101 Å². The van der Waals surface area contributed by atoms with Gasteiger partial charge in [-0.05, 0) is 53.4 Å². The Morgan fingerprint density at radius 1 is 0.929 bits per heavy atom. The number of methoxy groups -OCH3 is 1. The molecule has 42 heavy (non-hydrogen) atoms. The molecule has 0 bridgehead atoms. The number of carbonyl (C=O) groups is 1. The second-order valence-electron chi connectivity index (χ2n) is 13.1. The second-order valence-corrected chi connectivity index (χ2v) is 17.4. The van der Waals surface area contributed by atoms with E-state index in [0.29, 0.717) is 19.4 Å². The summed E-state index contributed by atoms with van der Waals surface area (Å²) >= 11 is 0. The van der Waals surface area contributed by atoms with E-state index in [4.69, 9.17) is 18.6 Å². The molecule has 2 aliphatic rings. The van der Waals surface area contributed by atoms with E-state index in [1.165, 1.54) is 17.5 Å². The Morgan fingerprint density at radius 2 is 1.57 bits per heavy atom. The van der Waals surface area contributed by atoms with Crippen molar-refractivity contribution in [1.82, 2.24) is 0 Å². The lowest BCUT2D eigenvalue weighted by Crippen LogP contribution is -2.67. The Kier molecular flexibility index (Phi) is 12.2. The van der Waals surface area contributed by atoms with Gasteiger partial charge in [-0.15, -0.1) is 0 Å². The first-order valence-electron chi connectivity index (χ1n) is 16.0. The largest absolute Gasteiger partial charge is 0.469 e. The van der Waals surface area contributed by atoms with Crippen LogP contribution in [0.5, 0.6) is 0 Å². The Bertz CT molecular complexity index is 1030. The number of rotatable bonds is 14. The van der Waals surface area contributed by atoms with Gasteiger partial charge in [0.1, 0.15) is 0 Å². The Labute approximate surface area is 254 Å². The van der Waals surface area contributed by atoms with Crippen molar-refractivity contribution in [2.75, 3.05) is 20.3 Å². The lowest BCUT2D eigenvalue weighted by atomic mass is 9.89. The molecule has 0 spiro atoms. The summed E-state index contributed by atoms with van der Waals surface area (Å²) in [5.41, 5.74) is 0. The number of esters is 1. The van der Waals surface area contributed by atoms with E-state index in [9.17, 15) is 9.90 Å². The zero-order valence-corrected chi connectivity index (χ0v) is 27.1. The summed E-state index contributed by atoms with van der Waals surface area (Å²) < 4.78 is 24.8. The molecule has 0 aromatic heterocycles. The molecule has 1 aliphatic carbocycles. The molecule has 5 atom stereocenters. The van der Waals surface area contributed by atoms with Gasteiger partial charge in [-0.2, -0.15) is 0 Å². The van der Waals surface area contributed by atoms with Crippen LogP contribution in [-0.4, -0.2) is 58.2 Å². The smallest absolute Gasteiger partial charge is 0.305 e. The summed E-state index contributed by atoms with van der Waals surface area (Å²) in [6.07, 6.45) is 8.20. The number of hydrogen-bond acceptors (Lipinski definition) is 6. The molecule has 6 nitrogen and oxygen atoms in total. The molecule has 1 heterocycles. The number of hydrogen-bond donors (Lipinski definition) is 1. The maximum atomic E-state index is 11.5. The zero-order valence-electron chi connectivity index (χ0n) is 26.1. The van der Waals surface area contributed by atoms with Crippen LogP contribution >= 0.6 is 0 Å². The molecule has 0 radical (unpaired) electrons. The molecular weight excluding hydrogens is 544 g/mol. The molecule has 7 heteroatoms. The van der Waals surface area contributed by atoms with Gasteiger partial charge < -0.3 is 23.7 Å². The van der Waals surface area contributed by atoms with Gasteiger partial charge in [-0.25, -0.2) is 0 Å². The second kappa shape index (κ2) is 15.6. The van der Waals surface area contributed by atoms with Crippen molar-refractivity contribution < 1.29 is 28.5 Å². The molecule has 1 N–H and O–H groups in total. The summed E-state index contributed by atoms with van der Waals surface area (Å²) in [5.74, 6) is 0.0198. The van der Waals surface area contributed by atoms with Gasteiger partial charge in [0.2, 0.25) is 0 Å². The highest BCUT2D eigenvalue weighted by Gasteiger charge is 2.52. The predicted molar refractivity (Wildman–Crippen MR) is 169 cm³/mol. The Morgan fingerprint density at radius 3 is 2.14 bits per heavy atom. The lowest BCUT2D eigenvalue weighted by molar-refractivity contribution is -0.197. The molecule has 4 rings (SSSR count). The Hall–Kier alpha value is -2.03. The predicted octanol–water partition coefficient (Wildman–Crippen LogP) is 5.99. The standard InChI is InChI=1S/C35H52O6Si/c1-35(2,3)42(27-17-9-7-10-18-27,28-19-11-8-12-20-28)40-26-30-29(21-13-5-6-14-22-33(37)38-4)31(36)25-32(30)41-34-23-15-16-24-39-34/h7-12,17-20,29-32,34,36H,5-6,13-16,21-26H2,1-4H3/t29-,30-,31+,32-,34?/m0/s1. The number of benzene rings is 2. The van der Waals surface area contributed by atoms with Gasteiger partial charge >= 0.3 is 5.97 Å². The normalized spacial score (nSPS) is 24.9. The topological polar surface area (TPSA) is 74.2 Å². The minimum atomic E-state index is -2.73. The van der Waals surface area contributed by atoms with E-state index < -0.39 is 14.4 Å². The zero-order chi connectivity index (χ0) is 30.0. The van der Waals surface area contributed by atoms with Crippen molar-refractivity contribution >= 4 is 24.7 Å². The first kappa shape index (κ1) is 32.9. The average Bonchev–Trinajstić information content (AvgIpc) is 3.29. The van der Waals surface area contributed by atoms with E-state index in [0.717, 1.165) is 58.0 Å². The molecule has 1 unspecified atom stereocenters. The minimum absolute atomic E-state index is 0.0715. The van der Waals surface area contributed by atoms with Crippen molar-refractivity contribution in [3.63, 3.8) is 0 Å². The highest BCUT2D eigenvalue weighted by molar-refractivity contribution is 6.99. The van der Waals surface area contributed by atoms with E-state index in [-0.39, 0.29) is 35.2 Å². The van der Waals surface area contributed by atoms with E-state index in [1.807, 2.05) is 0 Å². The van der Waals surface area contributed by atoms with Crippen molar-refractivity contribution in [2.24, 2.45) is 11.8 Å². The molecule has 1 saturated heterocycles. The molecule has 1 saturated carbocycles. The van der Waals surface area contributed by atoms with Gasteiger partial charge in [0.15, 0.2) is 6.29 Å². The van der Waals surface area contributed by atoms with Crippen LogP contribution in [0, 0.1) is 11.8 Å². The number of unbranched alkanes of at least 4 members (excludes halogenated alkanes) is 3. The number of carbonyl (C=O) groups excluding carboxylic acids is 1. The number of aliphatic hydroxyl groups is 1. The van der Waals surface area contributed by atoms with Crippen LogP contribution in [0.1, 0.15) is 85.0 Å². The number of aliphatic hydroxyl groups excluding tert-OH is 1. The van der Waals surface area contributed by atoms with Gasteiger partial charge in [0, 0.05) is 32.0 Å². The summed E-state index contributed by atoms with van der Waals surface area (Å²) in [4.78, 5) is 11.5. The van der Waals surface area contributed by atoms with Crippen LogP contribution in [0.2, 0.25) is 5.04 Å². The molecule has 0 amide bonds. The fraction of sp³-hybridized carbons (Fsp3) is 0.629. The lowest BCUT2D eigenvalue weighted by Gasteiger charge is -2.44. The van der Waals surface area contributed by atoms with Crippen LogP contribution in [-0.2, 0) is 23.4 Å². The van der Waals surface area contributed by atoms with Crippen LogP contribution in [0.3, 0.4) is 0 Å². The monoisotopic (exact) mass is 596 g/mol. The van der Waals surface area contributed by atoms with E-state index in [1.54, 1.807) is 0 Å². The minimum Gasteiger partial charge on any atom is -0.469 e. The van der Waals surface area contributed by atoms with Gasteiger partial charge in [-0.3, -0.25) is 4.79 Å². The van der Waals surface area contributed by atoms with Crippen LogP contribution in [0.4, 0.5) is 0 Å². The highest BCUT2D eigenvalue weighted by Crippen LogP contribution is 2.42. The van der Waals surface area contributed by atoms with Crippen molar-refractivity contribution in [3.8, 4) is 0 Å². The summed E-state index contributed by atoms with van der Waals surface area (Å²) in [7, 11) is -1.29. The summed E-state index contributed by atoms with van der Waals surface area (Å²) in [5, 5.41) is 13.8. The van der Waals surface area contributed by atoms with Crippen LogP contribution in [0.25, 0.3) is 0 Å². The third-order valence-corrected chi connectivity index (χ3v) is 14.3. The SMILES string of the molecule is COC(=O)CCCCCC[C@H]1[C@H](CO[Si](c2ccccc2)(c2ccccc2)C(C)(C)C)[C@@H](OC2CCCCO2)C[C@H]1O. The maximum absolute atomic E-state index is 11.5.